The molecule has 0 atom stereocenters. The molecule has 0 bridgehead atoms. The van der Waals surface area contributed by atoms with Crippen LogP contribution in [0.25, 0.3) is 11.1 Å². The average Bonchev–Trinajstić information content (AvgIpc) is 2.34. The first-order chi connectivity index (χ1) is 7.77. The second-order valence-corrected chi connectivity index (χ2v) is 4.20. The van der Waals surface area contributed by atoms with Crippen molar-refractivity contribution < 1.29 is 0 Å². The zero-order chi connectivity index (χ0) is 12.0. The summed E-state index contributed by atoms with van der Waals surface area (Å²) < 4.78 is 1.14. The number of rotatable bonds is 1. The van der Waals surface area contributed by atoms with Crippen LogP contribution in [0.4, 0.5) is 0 Å². The topological polar surface area (TPSA) is 0 Å². The van der Waals surface area contributed by atoms with E-state index in [1.807, 2.05) is 19.9 Å². The van der Waals surface area contributed by atoms with E-state index in [0.717, 1.165) is 4.47 Å². The summed E-state index contributed by atoms with van der Waals surface area (Å²) in [5.74, 6) is 0. The Kier molecular flexibility index (Phi) is 5.27. The van der Waals surface area contributed by atoms with Crippen molar-refractivity contribution in [3.63, 3.8) is 0 Å². The normalized spacial score (nSPS) is 9.25. The van der Waals surface area contributed by atoms with E-state index in [0.29, 0.717) is 0 Å². The lowest BCUT2D eigenvalue weighted by Crippen LogP contribution is -1.79. The molecule has 0 aliphatic rings. The van der Waals surface area contributed by atoms with Crippen molar-refractivity contribution in [1.82, 2.24) is 0 Å². The lowest BCUT2D eigenvalue weighted by molar-refractivity contribution is 1.46. The molecule has 84 valence electrons. The van der Waals surface area contributed by atoms with Gasteiger partial charge in [0.2, 0.25) is 0 Å². The van der Waals surface area contributed by atoms with Gasteiger partial charge in [-0.05, 0) is 24.1 Å². The van der Waals surface area contributed by atoms with Crippen molar-refractivity contribution in [2.24, 2.45) is 0 Å². The maximum Gasteiger partial charge on any atom is 0.0253 e. The Labute approximate surface area is 106 Å². The fourth-order valence-corrected chi connectivity index (χ4v) is 1.94. The predicted octanol–water partition coefficient (Wildman–Crippen LogP) is 5.45. The predicted molar refractivity (Wildman–Crippen MR) is 75.7 cm³/mol. The minimum Gasteiger partial charge on any atom is -0.0683 e. The molecule has 0 unspecified atom stereocenters. The molecule has 0 aliphatic carbocycles. The smallest absolute Gasteiger partial charge is 0.0253 e. The summed E-state index contributed by atoms with van der Waals surface area (Å²) in [7, 11) is 0. The van der Waals surface area contributed by atoms with E-state index in [9.17, 15) is 0 Å². The summed E-state index contributed by atoms with van der Waals surface area (Å²) in [5, 5.41) is 0. The number of halogens is 1. The summed E-state index contributed by atoms with van der Waals surface area (Å²) in [5.41, 5.74) is 3.79. The van der Waals surface area contributed by atoms with E-state index in [2.05, 4.69) is 65.3 Å². The molecule has 2 rings (SSSR count). The molecule has 0 saturated heterocycles. The van der Waals surface area contributed by atoms with Crippen molar-refractivity contribution in [1.29, 1.82) is 0 Å². The fourth-order valence-electron chi connectivity index (χ4n) is 1.43. The maximum absolute atomic E-state index is 3.55. The molecule has 0 radical (unpaired) electrons. The van der Waals surface area contributed by atoms with Crippen LogP contribution in [-0.4, -0.2) is 0 Å². The van der Waals surface area contributed by atoms with Crippen LogP contribution >= 0.6 is 15.9 Å². The molecule has 0 aromatic heterocycles. The molecule has 0 aliphatic heterocycles. The van der Waals surface area contributed by atoms with Crippen molar-refractivity contribution >= 4 is 15.9 Å². The summed E-state index contributed by atoms with van der Waals surface area (Å²) in [6.45, 7) is 6.10. The third kappa shape index (κ3) is 3.21. The standard InChI is InChI=1S/C13H11Br.C2H6/c1-10-6-8-11(9-7-10)12-4-2-3-5-13(12)14;1-2/h2-9H,1H3;1-2H3. The van der Waals surface area contributed by atoms with Crippen molar-refractivity contribution in [2.45, 2.75) is 20.8 Å². The molecule has 2 aromatic rings. The largest absolute Gasteiger partial charge is 0.0683 e. The molecule has 0 heterocycles. The quantitative estimate of drug-likeness (QED) is 0.650. The van der Waals surface area contributed by atoms with E-state index in [1.54, 1.807) is 0 Å². The van der Waals surface area contributed by atoms with Gasteiger partial charge in [-0.25, -0.2) is 0 Å². The Hall–Kier alpha value is -1.08. The lowest BCUT2D eigenvalue weighted by atomic mass is 10.0. The van der Waals surface area contributed by atoms with Gasteiger partial charge >= 0.3 is 0 Å². The first-order valence-corrected chi connectivity index (χ1v) is 6.38. The molecule has 0 spiro atoms. The van der Waals surface area contributed by atoms with Gasteiger partial charge in [0.1, 0.15) is 0 Å². The van der Waals surface area contributed by atoms with Crippen LogP contribution in [-0.2, 0) is 0 Å². The molecular weight excluding hydrogens is 260 g/mol. The van der Waals surface area contributed by atoms with Crippen molar-refractivity contribution in [3.05, 3.63) is 58.6 Å². The number of benzene rings is 2. The SMILES string of the molecule is CC.Cc1ccc(-c2ccccc2Br)cc1. The summed E-state index contributed by atoms with van der Waals surface area (Å²) >= 11 is 3.55. The van der Waals surface area contributed by atoms with Gasteiger partial charge in [0.05, 0.1) is 0 Å². The lowest BCUT2D eigenvalue weighted by Gasteiger charge is -2.04. The van der Waals surface area contributed by atoms with Gasteiger partial charge in [0.15, 0.2) is 0 Å². The Bertz CT molecular complexity index is 429. The van der Waals surface area contributed by atoms with Gasteiger partial charge in [-0.1, -0.05) is 77.8 Å². The monoisotopic (exact) mass is 276 g/mol. The van der Waals surface area contributed by atoms with E-state index in [1.165, 1.54) is 16.7 Å². The Morgan fingerprint density at radius 3 is 1.94 bits per heavy atom. The first kappa shape index (κ1) is 13.0. The van der Waals surface area contributed by atoms with Gasteiger partial charge in [-0.15, -0.1) is 0 Å². The number of hydrogen-bond acceptors (Lipinski definition) is 0. The van der Waals surface area contributed by atoms with Gasteiger partial charge in [0, 0.05) is 4.47 Å². The molecule has 0 amide bonds. The summed E-state index contributed by atoms with van der Waals surface area (Å²) in [6, 6.07) is 16.8. The molecule has 2 aromatic carbocycles. The van der Waals surface area contributed by atoms with Crippen LogP contribution in [0.15, 0.2) is 53.0 Å². The van der Waals surface area contributed by atoms with Crippen LogP contribution in [0, 0.1) is 6.92 Å². The Balaban J connectivity index is 0.000000606. The van der Waals surface area contributed by atoms with E-state index in [4.69, 9.17) is 0 Å². The first-order valence-electron chi connectivity index (χ1n) is 5.59. The van der Waals surface area contributed by atoms with Crippen LogP contribution in [0.1, 0.15) is 19.4 Å². The third-order valence-electron chi connectivity index (χ3n) is 2.24. The van der Waals surface area contributed by atoms with Crippen molar-refractivity contribution in [3.8, 4) is 11.1 Å². The molecule has 0 fully saturated rings. The van der Waals surface area contributed by atoms with Gasteiger partial charge in [-0.3, -0.25) is 0 Å². The molecule has 0 saturated carbocycles. The molecule has 1 heteroatoms. The highest BCUT2D eigenvalue weighted by Gasteiger charge is 2.00. The zero-order valence-electron chi connectivity index (χ0n) is 10.00. The second-order valence-electron chi connectivity index (χ2n) is 3.35. The highest BCUT2D eigenvalue weighted by atomic mass is 79.9. The molecule has 0 nitrogen and oxygen atoms in total. The highest BCUT2D eigenvalue weighted by molar-refractivity contribution is 9.10. The number of aryl methyl sites for hydroxylation is 1. The van der Waals surface area contributed by atoms with Gasteiger partial charge in [-0.2, -0.15) is 0 Å². The second kappa shape index (κ2) is 6.49. The molecule has 0 N–H and O–H groups in total. The molecular formula is C15H17Br. The maximum atomic E-state index is 3.55. The van der Waals surface area contributed by atoms with Gasteiger partial charge in [0.25, 0.3) is 0 Å². The van der Waals surface area contributed by atoms with E-state index in [-0.39, 0.29) is 0 Å². The fraction of sp³-hybridized carbons (Fsp3) is 0.200. The highest BCUT2D eigenvalue weighted by Crippen LogP contribution is 2.27. The minimum absolute atomic E-state index is 1.14. The zero-order valence-corrected chi connectivity index (χ0v) is 11.6. The summed E-state index contributed by atoms with van der Waals surface area (Å²) in [4.78, 5) is 0. The third-order valence-corrected chi connectivity index (χ3v) is 2.93. The number of hydrogen-bond donors (Lipinski definition) is 0. The van der Waals surface area contributed by atoms with Gasteiger partial charge < -0.3 is 0 Å². The van der Waals surface area contributed by atoms with Crippen LogP contribution in [0.2, 0.25) is 0 Å². The molecule has 16 heavy (non-hydrogen) atoms. The summed E-state index contributed by atoms with van der Waals surface area (Å²) in [6.07, 6.45) is 0. The minimum atomic E-state index is 1.14. The van der Waals surface area contributed by atoms with Crippen LogP contribution < -0.4 is 0 Å². The van der Waals surface area contributed by atoms with E-state index >= 15 is 0 Å². The van der Waals surface area contributed by atoms with Crippen molar-refractivity contribution in [2.75, 3.05) is 0 Å². The Morgan fingerprint density at radius 1 is 0.812 bits per heavy atom. The van der Waals surface area contributed by atoms with Crippen LogP contribution in [0.3, 0.4) is 0 Å². The Morgan fingerprint density at radius 2 is 1.38 bits per heavy atom. The van der Waals surface area contributed by atoms with Crippen LogP contribution in [0.5, 0.6) is 0 Å². The van der Waals surface area contributed by atoms with E-state index < -0.39 is 0 Å². The average molecular weight is 277 g/mol.